The molecule has 7 heteroatoms. The Kier molecular flexibility index (Phi) is 3.78. The lowest BCUT2D eigenvalue weighted by Gasteiger charge is -2.21. The number of ether oxygens (including phenoxy) is 1. The van der Waals surface area contributed by atoms with Gasteiger partial charge in [0, 0.05) is 25.3 Å². The van der Waals surface area contributed by atoms with Crippen molar-refractivity contribution in [1.29, 1.82) is 0 Å². The van der Waals surface area contributed by atoms with Gasteiger partial charge in [-0.2, -0.15) is 0 Å². The zero-order valence-corrected chi connectivity index (χ0v) is 13.1. The van der Waals surface area contributed by atoms with Gasteiger partial charge in [0.15, 0.2) is 11.5 Å². The van der Waals surface area contributed by atoms with Gasteiger partial charge < -0.3 is 14.8 Å². The van der Waals surface area contributed by atoms with Crippen molar-refractivity contribution in [3.63, 3.8) is 0 Å². The molecule has 3 heterocycles. The number of nitrogens with zero attached hydrogens (tertiary/aromatic N) is 3. The molecule has 7 nitrogen and oxygen atoms in total. The Morgan fingerprint density at radius 1 is 1.33 bits per heavy atom. The number of aromatic nitrogens is 4. The van der Waals surface area contributed by atoms with Crippen molar-refractivity contribution < 1.29 is 9.84 Å². The molecule has 1 fully saturated rings. The van der Waals surface area contributed by atoms with Crippen molar-refractivity contribution in [2.45, 2.75) is 19.4 Å². The number of nitrogens with one attached hydrogen (secondary N) is 1. The standard InChI is InChI=1S/C17H18N4O3/c22-13-3-1-2-12(8-13)15-18-9-14-16(20-15)21(17(23)19-14)10-11-4-6-24-7-5-11/h1-3,8-9,11,22H,4-7,10H2,(H,19,23). The first-order valence-corrected chi connectivity index (χ1v) is 8.03. The summed E-state index contributed by atoms with van der Waals surface area (Å²) in [6, 6.07) is 6.77. The monoisotopic (exact) mass is 326 g/mol. The third-order valence-electron chi connectivity index (χ3n) is 4.40. The summed E-state index contributed by atoms with van der Waals surface area (Å²) in [5, 5.41) is 9.63. The SMILES string of the molecule is O=c1[nH]c2cnc(-c3cccc(O)c3)nc2n1CC1CCOCC1. The van der Waals surface area contributed by atoms with Crippen LogP contribution >= 0.6 is 0 Å². The van der Waals surface area contributed by atoms with E-state index in [1.54, 1.807) is 29.0 Å². The van der Waals surface area contributed by atoms with Crippen LogP contribution in [0.2, 0.25) is 0 Å². The Morgan fingerprint density at radius 3 is 2.96 bits per heavy atom. The number of hydrogen-bond donors (Lipinski definition) is 2. The van der Waals surface area contributed by atoms with E-state index in [1.807, 2.05) is 6.07 Å². The summed E-state index contributed by atoms with van der Waals surface area (Å²) in [7, 11) is 0. The fourth-order valence-electron chi connectivity index (χ4n) is 3.09. The predicted octanol–water partition coefficient (Wildman–Crippen LogP) is 1.92. The van der Waals surface area contributed by atoms with Crippen molar-refractivity contribution in [2.24, 2.45) is 5.92 Å². The minimum Gasteiger partial charge on any atom is -0.508 e. The molecule has 124 valence electrons. The van der Waals surface area contributed by atoms with Crippen molar-refractivity contribution in [2.75, 3.05) is 13.2 Å². The highest BCUT2D eigenvalue weighted by molar-refractivity contribution is 5.72. The Morgan fingerprint density at radius 2 is 2.17 bits per heavy atom. The normalized spacial score (nSPS) is 15.8. The molecule has 4 rings (SSSR count). The lowest BCUT2D eigenvalue weighted by molar-refractivity contribution is 0.0613. The van der Waals surface area contributed by atoms with Gasteiger partial charge in [0.25, 0.3) is 0 Å². The molecule has 0 aliphatic carbocycles. The van der Waals surface area contributed by atoms with Gasteiger partial charge in [0.05, 0.1) is 6.20 Å². The molecule has 0 amide bonds. The predicted molar refractivity (Wildman–Crippen MR) is 88.8 cm³/mol. The van der Waals surface area contributed by atoms with E-state index in [-0.39, 0.29) is 11.4 Å². The number of benzene rings is 1. The van der Waals surface area contributed by atoms with Crippen molar-refractivity contribution in [3.8, 4) is 17.1 Å². The summed E-state index contributed by atoms with van der Waals surface area (Å²) in [6.07, 6.45) is 3.51. The summed E-state index contributed by atoms with van der Waals surface area (Å²) < 4.78 is 7.06. The molecule has 1 aliphatic heterocycles. The van der Waals surface area contributed by atoms with Gasteiger partial charge in [-0.25, -0.2) is 14.8 Å². The highest BCUT2D eigenvalue weighted by Crippen LogP contribution is 2.22. The number of H-pyrrole nitrogens is 1. The summed E-state index contributed by atoms with van der Waals surface area (Å²) in [4.78, 5) is 23.9. The topological polar surface area (TPSA) is 93.0 Å². The second kappa shape index (κ2) is 6.09. The molecule has 1 aromatic carbocycles. The van der Waals surface area contributed by atoms with Crippen LogP contribution in [0, 0.1) is 5.92 Å². The van der Waals surface area contributed by atoms with Crippen LogP contribution in [0.3, 0.4) is 0 Å². The van der Waals surface area contributed by atoms with Gasteiger partial charge in [-0.3, -0.25) is 4.57 Å². The van der Waals surface area contributed by atoms with Crippen LogP contribution in [0.15, 0.2) is 35.3 Å². The van der Waals surface area contributed by atoms with Crippen molar-refractivity contribution in [1.82, 2.24) is 19.5 Å². The largest absolute Gasteiger partial charge is 0.508 e. The molecule has 0 bridgehead atoms. The number of aromatic amines is 1. The number of phenols is 1. The summed E-state index contributed by atoms with van der Waals surface area (Å²) in [5.74, 6) is 1.05. The third kappa shape index (κ3) is 2.78. The number of phenolic OH excluding ortho intramolecular Hbond substituents is 1. The average molecular weight is 326 g/mol. The van der Waals surface area contributed by atoms with Gasteiger partial charge >= 0.3 is 5.69 Å². The van der Waals surface area contributed by atoms with Crippen LogP contribution in [-0.2, 0) is 11.3 Å². The Balaban J connectivity index is 1.75. The number of aromatic hydroxyl groups is 1. The molecular weight excluding hydrogens is 308 g/mol. The quantitative estimate of drug-likeness (QED) is 0.767. The smallest absolute Gasteiger partial charge is 0.327 e. The molecule has 0 atom stereocenters. The molecular formula is C17H18N4O3. The van der Waals surface area contributed by atoms with Crippen LogP contribution in [0.1, 0.15) is 12.8 Å². The summed E-state index contributed by atoms with van der Waals surface area (Å²) in [5.41, 5.74) is 1.76. The minimum absolute atomic E-state index is 0.157. The maximum absolute atomic E-state index is 12.3. The number of fused-ring (bicyclic) bond motifs is 1. The maximum atomic E-state index is 12.3. The van der Waals surface area contributed by atoms with E-state index < -0.39 is 0 Å². The van der Waals surface area contributed by atoms with Gasteiger partial charge in [0.1, 0.15) is 11.3 Å². The second-order valence-corrected chi connectivity index (χ2v) is 6.08. The van der Waals surface area contributed by atoms with E-state index in [2.05, 4.69) is 15.0 Å². The minimum atomic E-state index is -0.168. The van der Waals surface area contributed by atoms with E-state index in [9.17, 15) is 9.90 Å². The number of rotatable bonds is 3. The summed E-state index contributed by atoms with van der Waals surface area (Å²) >= 11 is 0. The molecule has 3 aromatic rings. The lowest BCUT2D eigenvalue weighted by atomic mass is 10.0. The third-order valence-corrected chi connectivity index (χ3v) is 4.40. The molecule has 0 spiro atoms. The van der Waals surface area contributed by atoms with Gasteiger partial charge in [-0.1, -0.05) is 12.1 Å². The lowest BCUT2D eigenvalue weighted by Crippen LogP contribution is -2.26. The zero-order chi connectivity index (χ0) is 16.5. The molecule has 0 radical (unpaired) electrons. The second-order valence-electron chi connectivity index (χ2n) is 6.08. The van der Waals surface area contributed by atoms with Gasteiger partial charge in [-0.05, 0) is 30.9 Å². The first kappa shape index (κ1) is 14.9. The highest BCUT2D eigenvalue weighted by Gasteiger charge is 2.18. The Labute approximate surface area is 138 Å². The molecule has 1 saturated heterocycles. The first-order valence-electron chi connectivity index (χ1n) is 8.03. The molecule has 0 unspecified atom stereocenters. The maximum Gasteiger partial charge on any atom is 0.327 e. The van der Waals surface area contributed by atoms with E-state index >= 15 is 0 Å². The molecule has 2 N–H and O–H groups in total. The van der Waals surface area contributed by atoms with Crippen LogP contribution in [-0.4, -0.2) is 37.8 Å². The fourth-order valence-corrected chi connectivity index (χ4v) is 3.09. The molecule has 1 aliphatic rings. The average Bonchev–Trinajstić information content (AvgIpc) is 2.91. The van der Waals surface area contributed by atoms with Gasteiger partial charge in [0.2, 0.25) is 0 Å². The molecule has 0 saturated carbocycles. The zero-order valence-electron chi connectivity index (χ0n) is 13.1. The van der Waals surface area contributed by atoms with E-state index in [4.69, 9.17) is 4.74 Å². The molecule has 24 heavy (non-hydrogen) atoms. The highest BCUT2D eigenvalue weighted by atomic mass is 16.5. The van der Waals surface area contributed by atoms with E-state index in [1.165, 1.54) is 0 Å². The first-order chi connectivity index (χ1) is 11.7. The number of imidazole rings is 1. The van der Waals surface area contributed by atoms with Gasteiger partial charge in [-0.15, -0.1) is 0 Å². The van der Waals surface area contributed by atoms with Crippen LogP contribution in [0.25, 0.3) is 22.6 Å². The van der Waals surface area contributed by atoms with Crippen molar-refractivity contribution >= 4 is 11.2 Å². The number of hydrogen-bond acceptors (Lipinski definition) is 5. The Bertz CT molecular complexity index is 925. The Hall–Kier alpha value is -2.67. The molecule has 2 aromatic heterocycles. The van der Waals surface area contributed by atoms with Crippen LogP contribution < -0.4 is 5.69 Å². The van der Waals surface area contributed by atoms with E-state index in [0.29, 0.717) is 35.0 Å². The summed E-state index contributed by atoms with van der Waals surface area (Å²) in [6.45, 7) is 2.11. The van der Waals surface area contributed by atoms with Crippen LogP contribution in [0.5, 0.6) is 5.75 Å². The van der Waals surface area contributed by atoms with E-state index in [0.717, 1.165) is 26.1 Å². The van der Waals surface area contributed by atoms with Crippen LogP contribution in [0.4, 0.5) is 0 Å². The fraction of sp³-hybridized carbons (Fsp3) is 0.353. The van der Waals surface area contributed by atoms with Crippen molar-refractivity contribution in [3.05, 3.63) is 40.9 Å².